The number of likely N-dealkylation sites (N-methyl/N-ethyl adjacent to an activating group) is 1. The molecule has 23 heavy (non-hydrogen) atoms. The third-order valence-electron chi connectivity index (χ3n) is 4.35. The second-order valence-corrected chi connectivity index (χ2v) is 5.77. The highest BCUT2D eigenvalue weighted by molar-refractivity contribution is 5.87. The van der Waals surface area contributed by atoms with Crippen LogP contribution >= 0.6 is 0 Å². The van der Waals surface area contributed by atoms with Crippen molar-refractivity contribution in [1.82, 2.24) is 19.9 Å². The van der Waals surface area contributed by atoms with Crippen molar-refractivity contribution in [2.45, 2.75) is 25.8 Å². The van der Waals surface area contributed by atoms with Crippen molar-refractivity contribution in [1.29, 1.82) is 5.26 Å². The molecule has 2 aromatic heterocycles. The van der Waals surface area contributed by atoms with Gasteiger partial charge in [-0.05, 0) is 18.4 Å². The Kier molecular flexibility index (Phi) is 2.99. The van der Waals surface area contributed by atoms with Crippen LogP contribution < -0.4 is 4.90 Å². The summed E-state index contributed by atoms with van der Waals surface area (Å²) in [6.45, 7) is 0.0845. The molecule has 120 valence electrons. The van der Waals surface area contributed by atoms with Gasteiger partial charge in [-0.1, -0.05) is 6.92 Å². The van der Waals surface area contributed by atoms with Gasteiger partial charge in [-0.2, -0.15) is 5.26 Å². The van der Waals surface area contributed by atoms with E-state index in [-0.39, 0.29) is 36.9 Å². The average Bonchev–Trinajstić information content (AvgIpc) is 3.04. The number of nitriles is 1. The van der Waals surface area contributed by atoms with Crippen LogP contribution in [0.15, 0.2) is 18.6 Å². The highest BCUT2D eigenvalue weighted by Gasteiger charge is 2.32. The molecule has 0 radical (unpaired) electrons. The minimum absolute atomic E-state index is 0.0188. The normalized spacial score (nSPS) is 24.3. The number of likely N-dealkylation sites (tertiary alicyclic amines) is 1. The van der Waals surface area contributed by atoms with E-state index in [4.69, 9.17) is 10.7 Å². The zero-order valence-corrected chi connectivity index (χ0v) is 12.8. The number of nitrogens with one attached hydrogen (secondary N) is 1. The first-order chi connectivity index (χ1) is 12.7. The molecule has 0 aliphatic carbocycles. The van der Waals surface area contributed by atoms with Crippen molar-refractivity contribution in [3.8, 4) is 6.07 Å². The van der Waals surface area contributed by atoms with Crippen LogP contribution in [0.1, 0.15) is 25.2 Å². The predicted molar refractivity (Wildman–Crippen MR) is 86.7 cm³/mol. The molecular formula is C16H20N6O. The molecule has 3 heterocycles. The number of carbonyl (C=O) groups excluding carboxylic acids is 1. The number of aromatic amines is 1. The molecule has 1 aliphatic heterocycles. The highest BCUT2D eigenvalue weighted by Crippen LogP contribution is 2.28. The van der Waals surface area contributed by atoms with E-state index in [9.17, 15) is 4.79 Å². The maximum absolute atomic E-state index is 12.2. The molecule has 3 rings (SSSR count). The SMILES string of the molecule is [2H]c1nc(N([C@H]2CN(C(=O)CC#N)CC[C@H]2C)C([2H])([2H])[2H])c2cc[nH]c2n1. The summed E-state index contributed by atoms with van der Waals surface area (Å²) in [5.41, 5.74) is 0.389. The molecule has 0 spiro atoms. The lowest BCUT2D eigenvalue weighted by atomic mass is 9.92. The maximum atomic E-state index is 12.2. The second-order valence-electron chi connectivity index (χ2n) is 5.77. The standard InChI is InChI=1S/C16H20N6O/c1-11-5-8-22(14(23)3-6-17)9-13(11)21(2)16-12-4-7-18-15(12)19-10-20-16/h4,7,10-11,13H,3,5,8-9H2,1-2H3,(H,18,19,20)/t11-,13+/m1/s1/i2D3,10D. The lowest BCUT2D eigenvalue weighted by Gasteiger charge is -2.42. The van der Waals surface area contributed by atoms with Gasteiger partial charge in [0.25, 0.3) is 0 Å². The summed E-state index contributed by atoms with van der Waals surface area (Å²) in [4.78, 5) is 25.9. The largest absolute Gasteiger partial charge is 0.354 e. The van der Waals surface area contributed by atoms with E-state index in [1.165, 1.54) is 9.80 Å². The summed E-state index contributed by atoms with van der Waals surface area (Å²) >= 11 is 0. The fourth-order valence-corrected chi connectivity index (χ4v) is 2.95. The molecule has 0 aromatic carbocycles. The first kappa shape index (κ1) is 11.0. The Morgan fingerprint density at radius 1 is 1.70 bits per heavy atom. The Morgan fingerprint density at radius 3 is 3.35 bits per heavy atom. The molecule has 7 nitrogen and oxygen atoms in total. The molecule has 7 heteroatoms. The van der Waals surface area contributed by atoms with Crippen LogP contribution in [-0.2, 0) is 4.79 Å². The fraction of sp³-hybridized carbons (Fsp3) is 0.500. The van der Waals surface area contributed by atoms with Gasteiger partial charge in [0.15, 0.2) is 0 Å². The minimum atomic E-state index is -2.52. The molecule has 2 aromatic rings. The van der Waals surface area contributed by atoms with Crippen molar-refractivity contribution < 1.29 is 10.3 Å². The number of fused-ring (bicyclic) bond motifs is 1. The van der Waals surface area contributed by atoms with Crippen molar-refractivity contribution in [2.24, 2.45) is 5.92 Å². The Labute approximate surface area is 140 Å². The topological polar surface area (TPSA) is 88.9 Å². The zero-order chi connectivity index (χ0) is 19.8. The van der Waals surface area contributed by atoms with Gasteiger partial charge in [-0.3, -0.25) is 4.79 Å². The minimum Gasteiger partial charge on any atom is -0.354 e. The lowest BCUT2D eigenvalue weighted by molar-refractivity contribution is -0.131. The number of hydrogen-bond acceptors (Lipinski definition) is 5. The number of H-pyrrole nitrogens is 1. The van der Waals surface area contributed by atoms with Crippen molar-refractivity contribution in [2.75, 3.05) is 25.0 Å². The predicted octanol–water partition coefficient (Wildman–Crippen LogP) is 1.54. The summed E-state index contributed by atoms with van der Waals surface area (Å²) in [6.07, 6.45) is 1.72. The van der Waals surface area contributed by atoms with Crippen LogP contribution in [0, 0.1) is 17.2 Å². The Bertz CT molecular complexity index is 889. The molecule has 1 saturated heterocycles. The monoisotopic (exact) mass is 316 g/mol. The zero-order valence-electron chi connectivity index (χ0n) is 16.8. The fourth-order valence-electron chi connectivity index (χ4n) is 2.95. The van der Waals surface area contributed by atoms with Gasteiger partial charge in [0, 0.05) is 30.4 Å². The smallest absolute Gasteiger partial charge is 0.236 e. The van der Waals surface area contributed by atoms with Gasteiger partial charge < -0.3 is 14.8 Å². The van der Waals surface area contributed by atoms with Gasteiger partial charge >= 0.3 is 0 Å². The van der Waals surface area contributed by atoms with E-state index < -0.39 is 13.0 Å². The van der Waals surface area contributed by atoms with Crippen LogP contribution in [0.25, 0.3) is 11.0 Å². The number of rotatable bonds is 3. The van der Waals surface area contributed by atoms with Gasteiger partial charge in [0.2, 0.25) is 5.91 Å². The van der Waals surface area contributed by atoms with E-state index in [1.54, 1.807) is 12.3 Å². The summed E-state index contributed by atoms with van der Waals surface area (Å²) in [5.74, 6) is -0.178. The van der Waals surface area contributed by atoms with E-state index in [1.807, 2.05) is 13.0 Å². The molecular weight excluding hydrogens is 292 g/mol. The van der Waals surface area contributed by atoms with Crippen molar-refractivity contribution >= 4 is 22.8 Å². The Hall–Kier alpha value is -2.62. The first-order valence-electron chi connectivity index (χ1n) is 9.48. The number of aromatic nitrogens is 3. The number of hydrogen-bond donors (Lipinski definition) is 1. The number of piperidine rings is 1. The molecule has 1 amide bonds. The van der Waals surface area contributed by atoms with Gasteiger partial charge in [0.05, 0.1) is 17.5 Å². The molecule has 0 bridgehead atoms. The second kappa shape index (κ2) is 6.24. The Balaban J connectivity index is 2.05. The van der Waals surface area contributed by atoms with Crippen LogP contribution in [0.3, 0.4) is 0 Å². The van der Waals surface area contributed by atoms with E-state index in [0.29, 0.717) is 24.0 Å². The maximum Gasteiger partial charge on any atom is 0.236 e. The molecule has 1 fully saturated rings. The summed E-state index contributed by atoms with van der Waals surface area (Å²) in [6, 6.07) is 2.99. The first-order valence-corrected chi connectivity index (χ1v) is 7.48. The third kappa shape index (κ3) is 2.84. The molecule has 2 atom stereocenters. The highest BCUT2D eigenvalue weighted by atomic mass is 16.2. The lowest BCUT2D eigenvalue weighted by Crippen LogP contribution is -2.52. The van der Waals surface area contributed by atoms with Gasteiger partial charge in [-0.15, -0.1) is 0 Å². The molecule has 1 N–H and O–H groups in total. The van der Waals surface area contributed by atoms with Crippen molar-refractivity contribution in [3.63, 3.8) is 0 Å². The summed E-state index contributed by atoms with van der Waals surface area (Å²) in [5, 5.41) is 9.30. The summed E-state index contributed by atoms with van der Waals surface area (Å²) < 4.78 is 32.1. The average molecular weight is 316 g/mol. The van der Waals surface area contributed by atoms with E-state index >= 15 is 0 Å². The Morgan fingerprint density at radius 2 is 2.57 bits per heavy atom. The van der Waals surface area contributed by atoms with Crippen LogP contribution in [-0.4, -0.2) is 51.9 Å². The number of carbonyl (C=O) groups is 1. The number of anilines is 1. The molecule has 0 saturated carbocycles. The van der Waals surface area contributed by atoms with Crippen LogP contribution in [0.5, 0.6) is 0 Å². The quantitative estimate of drug-likeness (QED) is 0.928. The summed E-state index contributed by atoms with van der Waals surface area (Å²) in [7, 11) is 0. The van der Waals surface area contributed by atoms with Crippen LogP contribution in [0.2, 0.25) is 0 Å². The van der Waals surface area contributed by atoms with Crippen molar-refractivity contribution in [3.05, 3.63) is 18.6 Å². The third-order valence-corrected chi connectivity index (χ3v) is 4.35. The van der Waals surface area contributed by atoms with E-state index in [2.05, 4.69) is 15.0 Å². The van der Waals surface area contributed by atoms with Gasteiger partial charge in [0.1, 0.15) is 25.6 Å². The van der Waals surface area contributed by atoms with Gasteiger partial charge in [-0.25, -0.2) is 9.97 Å². The molecule has 1 aliphatic rings. The van der Waals surface area contributed by atoms with Crippen LogP contribution in [0.4, 0.5) is 5.82 Å². The number of nitrogens with zero attached hydrogens (tertiary/aromatic N) is 5. The number of amides is 1. The van der Waals surface area contributed by atoms with E-state index in [0.717, 1.165) is 0 Å². The molecule has 0 unspecified atom stereocenters.